The average Bonchev–Trinajstić information content (AvgIpc) is 1.83. The van der Waals surface area contributed by atoms with Gasteiger partial charge in [-0.25, -0.2) is 5.01 Å². The van der Waals surface area contributed by atoms with Gasteiger partial charge in [0.1, 0.15) is 0 Å². The summed E-state index contributed by atoms with van der Waals surface area (Å²) in [6, 6.07) is 0. The van der Waals surface area contributed by atoms with Gasteiger partial charge in [0.2, 0.25) is 0 Å². The lowest BCUT2D eigenvalue weighted by molar-refractivity contribution is 0.269. The van der Waals surface area contributed by atoms with Crippen LogP contribution in [0.3, 0.4) is 0 Å². The van der Waals surface area contributed by atoms with Crippen LogP contribution >= 0.6 is 0 Å². The van der Waals surface area contributed by atoms with Crippen molar-refractivity contribution >= 4 is 6.72 Å². The van der Waals surface area contributed by atoms with Crippen molar-refractivity contribution < 1.29 is 0 Å². The van der Waals surface area contributed by atoms with Gasteiger partial charge in [-0.1, -0.05) is 0 Å². The Bertz CT molecular complexity index is 62.7. The van der Waals surface area contributed by atoms with Crippen molar-refractivity contribution in [1.82, 2.24) is 10.4 Å². The fraction of sp³-hybridized carbons (Fsp3) is 0.800. The van der Waals surface area contributed by atoms with E-state index in [4.69, 9.17) is 0 Å². The van der Waals surface area contributed by atoms with Crippen molar-refractivity contribution in [2.45, 2.75) is 0 Å². The fourth-order valence-corrected chi connectivity index (χ4v) is 0.333. The molecule has 0 aliphatic rings. The minimum Gasteiger partial charge on any atom is -0.300 e. The first kappa shape index (κ1) is 7.59. The Morgan fingerprint density at radius 2 is 2.38 bits per heavy atom. The van der Waals surface area contributed by atoms with E-state index in [-0.39, 0.29) is 0 Å². The monoisotopic (exact) mass is 115 g/mol. The van der Waals surface area contributed by atoms with E-state index < -0.39 is 0 Å². The number of likely N-dealkylation sites (N-methyl/N-ethyl adjacent to an activating group) is 1. The lowest BCUT2D eigenvalue weighted by atomic mass is 10.6. The van der Waals surface area contributed by atoms with Gasteiger partial charge in [0, 0.05) is 13.6 Å². The number of nitrogens with one attached hydrogen (secondary N) is 1. The minimum atomic E-state index is 0.789. The van der Waals surface area contributed by atoms with Gasteiger partial charge in [-0.15, -0.1) is 0 Å². The molecule has 0 aromatic carbocycles. The highest BCUT2D eigenvalue weighted by molar-refractivity contribution is 5.23. The number of hydrogen-bond donors (Lipinski definition) is 1. The van der Waals surface area contributed by atoms with Crippen LogP contribution in [-0.4, -0.2) is 38.9 Å². The second-order valence-corrected chi connectivity index (χ2v) is 1.59. The largest absolute Gasteiger partial charge is 0.300 e. The molecule has 0 atom stereocenters. The van der Waals surface area contributed by atoms with E-state index in [2.05, 4.69) is 17.1 Å². The smallest absolute Gasteiger partial charge is 0.0523 e. The van der Waals surface area contributed by atoms with Crippen LogP contribution in [0, 0.1) is 0 Å². The molecule has 0 saturated carbocycles. The topological polar surface area (TPSA) is 27.6 Å². The lowest BCUT2D eigenvalue weighted by Crippen LogP contribution is -2.32. The summed E-state index contributed by atoms with van der Waals surface area (Å²) >= 11 is 0. The van der Waals surface area contributed by atoms with Crippen molar-refractivity contribution in [2.75, 3.05) is 27.2 Å². The van der Waals surface area contributed by atoms with Crippen molar-refractivity contribution in [2.24, 2.45) is 4.99 Å². The molecule has 3 nitrogen and oxygen atoms in total. The maximum absolute atomic E-state index is 3.69. The highest BCUT2D eigenvalue weighted by Gasteiger charge is 1.87. The Balaban J connectivity index is 2.97. The molecule has 0 aliphatic heterocycles. The molecule has 0 radical (unpaired) electrons. The van der Waals surface area contributed by atoms with E-state index in [1.165, 1.54) is 0 Å². The molecule has 1 N–H and O–H groups in total. The summed E-state index contributed by atoms with van der Waals surface area (Å²) in [5, 5.41) is 1.95. The Labute approximate surface area is 50.4 Å². The molecule has 0 fully saturated rings. The summed E-state index contributed by atoms with van der Waals surface area (Å²) in [5.41, 5.74) is 2.95. The summed E-state index contributed by atoms with van der Waals surface area (Å²) in [7, 11) is 3.84. The van der Waals surface area contributed by atoms with E-state index in [1.54, 1.807) is 0 Å². The standard InChI is InChI=1S/C5H13N3/c1-6-4-5-8(3)7-2/h7H,1,4-5H2,2-3H3. The van der Waals surface area contributed by atoms with Gasteiger partial charge >= 0.3 is 0 Å². The Hall–Kier alpha value is -0.410. The summed E-state index contributed by atoms with van der Waals surface area (Å²) in [4.78, 5) is 3.69. The van der Waals surface area contributed by atoms with Gasteiger partial charge in [-0.2, -0.15) is 0 Å². The summed E-state index contributed by atoms with van der Waals surface area (Å²) in [5.74, 6) is 0. The van der Waals surface area contributed by atoms with Gasteiger partial charge in [-0.3, -0.25) is 10.4 Å². The van der Waals surface area contributed by atoms with Gasteiger partial charge in [-0.05, 0) is 13.8 Å². The van der Waals surface area contributed by atoms with Crippen LogP contribution in [0.1, 0.15) is 0 Å². The Kier molecular flexibility index (Phi) is 4.50. The molecule has 8 heavy (non-hydrogen) atoms. The Morgan fingerprint density at radius 1 is 1.75 bits per heavy atom. The number of hydrazine groups is 1. The average molecular weight is 115 g/mol. The van der Waals surface area contributed by atoms with Gasteiger partial charge in [0.25, 0.3) is 0 Å². The van der Waals surface area contributed by atoms with Crippen LogP contribution in [0.4, 0.5) is 0 Å². The van der Waals surface area contributed by atoms with E-state index in [0.29, 0.717) is 0 Å². The SMILES string of the molecule is C=NCCN(C)NC. The predicted octanol–water partition coefficient (Wildman–Crippen LogP) is -0.247. The molecule has 0 spiro atoms. The first-order chi connectivity index (χ1) is 3.81. The van der Waals surface area contributed by atoms with E-state index >= 15 is 0 Å². The maximum atomic E-state index is 3.69. The minimum absolute atomic E-state index is 0.789. The van der Waals surface area contributed by atoms with Crippen molar-refractivity contribution in [1.29, 1.82) is 0 Å². The van der Waals surface area contributed by atoms with Gasteiger partial charge in [0.15, 0.2) is 0 Å². The number of rotatable bonds is 4. The molecule has 0 heterocycles. The van der Waals surface area contributed by atoms with Crippen LogP contribution in [-0.2, 0) is 0 Å². The van der Waals surface area contributed by atoms with E-state index in [1.807, 2.05) is 19.1 Å². The third kappa shape index (κ3) is 3.77. The van der Waals surface area contributed by atoms with Crippen molar-refractivity contribution in [3.8, 4) is 0 Å². The quantitative estimate of drug-likeness (QED) is 0.404. The zero-order valence-corrected chi connectivity index (χ0v) is 5.52. The molecule has 0 amide bonds. The molecular weight excluding hydrogens is 102 g/mol. The third-order valence-corrected chi connectivity index (χ3v) is 0.975. The lowest BCUT2D eigenvalue weighted by Gasteiger charge is -2.11. The van der Waals surface area contributed by atoms with Crippen LogP contribution in [0.5, 0.6) is 0 Å². The van der Waals surface area contributed by atoms with Crippen LogP contribution in [0.2, 0.25) is 0 Å². The van der Waals surface area contributed by atoms with Crippen LogP contribution < -0.4 is 5.43 Å². The second kappa shape index (κ2) is 4.74. The van der Waals surface area contributed by atoms with Crippen LogP contribution in [0.25, 0.3) is 0 Å². The zero-order valence-electron chi connectivity index (χ0n) is 5.52. The fourth-order valence-electron chi connectivity index (χ4n) is 0.333. The molecule has 0 saturated heterocycles. The Morgan fingerprint density at radius 3 is 2.75 bits per heavy atom. The third-order valence-electron chi connectivity index (χ3n) is 0.975. The second-order valence-electron chi connectivity index (χ2n) is 1.59. The van der Waals surface area contributed by atoms with Crippen LogP contribution in [0.15, 0.2) is 4.99 Å². The molecule has 3 heteroatoms. The first-order valence-corrected chi connectivity index (χ1v) is 2.62. The molecule has 0 aliphatic carbocycles. The predicted molar refractivity (Wildman–Crippen MR) is 36.1 cm³/mol. The van der Waals surface area contributed by atoms with E-state index in [9.17, 15) is 0 Å². The normalized spacial score (nSPS) is 9.88. The molecule has 0 aromatic heterocycles. The van der Waals surface area contributed by atoms with Crippen molar-refractivity contribution in [3.63, 3.8) is 0 Å². The van der Waals surface area contributed by atoms with Gasteiger partial charge in [0.05, 0.1) is 6.54 Å². The molecular formula is C5H13N3. The molecule has 0 rings (SSSR count). The van der Waals surface area contributed by atoms with E-state index in [0.717, 1.165) is 13.1 Å². The molecule has 0 aromatic rings. The number of nitrogens with zero attached hydrogens (tertiary/aromatic N) is 2. The van der Waals surface area contributed by atoms with Crippen molar-refractivity contribution in [3.05, 3.63) is 0 Å². The highest BCUT2D eigenvalue weighted by Crippen LogP contribution is 1.71. The summed E-state index contributed by atoms with van der Waals surface area (Å²) in [6.45, 7) is 5.07. The highest BCUT2D eigenvalue weighted by atomic mass is 15.5. The molecule has 0 unspecified atom stereocenters. The maximum Gasteiger partial charge on any atom is 0.0523 e. The van der Waals surface area contributed by atoms with Gasteiger partial charge < -0.3 is 0 Å². The summed E-state index contributed by atoms with van der Waals surface area (Å²) in [6.07, 6.45) is 0. The first-order valence-electron chi connectivity index (χ1n) is 2.62. The number of hydrogen-bond acceptors (Lipinski definition) is 3. The molecule has 48 valence electrons. The number of aliphatic imine (C=N–C) groups is 1. The zero-order chi connectivity index (χ0) is 6.41. The summed E-state index contributed by atoms with van der Waals surface area (Å²) < 4.78 is 0. The molecule has 0 bridgehead atoms.